The molecule has 0 amide bonds. The maximum absolute atomic E-state index is 7.10. The van der Waals surface area contributed by atoms with E-state index in [-0.39, 0.29) is 0 Å². The van der Waals surface area contributed by atoms with Crippen LogP contribution < -0.4 is 5.73 Å². The van der Waals surface area contributed by atoms with Crippen LogP contribution in [0.25, 0.3) is 10.2 Å². The van der Waals surface area contributed by atoms with Crippen molar-refractivity contribution in [1.29, 1.82) is 0 Å². The summed E-state index contributed by atoms with van der Waals surface area (Å²) in [5, 5.41) is 0. The van der Waals surface area contributed by atoms with E-state index >= 15 is 0 Å². The minimum Gasteiger partial charge on any atom is -0.308 e. The maximum atomic E-state index is 7.10. The molecule has 0 aliphatic carbocycles. The SMILES string of the molecule is NC(Cc1ccccc1)(Cc1ccccc1)n1c(=S)sc2ccccc21. The fraction of sp³-hybridized carbons (Fsp3) is 0.136. The highest BCUT2D eigenvalue weighted by atomic mass is 32.1. The molecule has 1 aromatic heterocycles. The van der Waals surface area contributed by atoms with Crippen molar-refractivity contribution in [3.8, 4) is 0 Å². The number of nitrogens with zero attached hydrogens (tertiary/aromatic N) is 1. The number of para-hydroxylation sites is 1. The van der Waals surface area contributed by atoms with Gasteiger partial charge in [0, 0.05) is 12.8 Å². The summed E-state index contributed by atoms with van der Waals surface area (Å²) >= 11 is 7.36. The normalized spacial score (nSPS) is 11.7. The lowest BCUT2D eigenvalue weighted by molar-refractivity contribution is 0.299. The second kappa shape index (κ2) is 7.16. The van der Waals surface area contributed by atoms with Gasteiger partial charge >= 0.3 is 0 Å². The Kier molecular flexibility index (Phi) is 4.72. The first-order valence-corrected chi connectivity index (χ1v) is 9.86. The summed E-state index contributed by atoms with van der Waals surface area (Å²) in [6, 6.07) is 29.1. The van der Waals surface area contributed by atoms with Crippen LogP contribution in [0.4, 0.5) is 0 Å². The summed E-state index contributed by atoms with van der Waals surface area (Å²) in [7, 11) is 0. The zero-order chi connectivity index (χ0) is 18.0. The molecule has 0 atom stereocenters. The minimum absolute atomic E-state index is 0.626. The zero-order valence-electron chi connectivity index (χ0n) is 14.3. The van der Waals surface area contributed by atoms with E-state index in [4.69, 9.17) is 18.0 Å². The van der Waals surface area contributed by atoms with Crippen LogP contribution in [0.1, 0.15) is 11.1 Å². The Bertz CT molecular complexity index is 1020. The van der Waals surface area contributed by atoms with Crippen LogP contribution >= 0.6 is 23.6 Å². The number of aromatic nitrogens is 1. The van der Waals surface area contributed by atoms with Gasteiger partial charge in [-0.1, -0.05) is 72.8 Å². The third-order valence-corrected chi connectivity index (χ3v) is 5.99. The Morgan fingerprint density at radius 1 is 0.769 bits per heavy atom. The highest BCUT2D eigenvalue weighted by molar-refractivity contribution is 7.73. The fourth-order valence-corrected chi connectivity index (χ4v) is 5.03. The lowest BCUT2D eigenvalue weighted by atomic mass is 9.92. The molecule has 0 spiro atoms. The maximum Gasteiger partial charge on any atom is 0.163 e. The Morgan fingerprint density at radius 3 is 1.85 bits per heavy atom. The molecule has 0 fully saturated rings. The standard InChI is InChI=1S/C22H20N2S2/c23-22(15-17-9-3-1-4-10-17,16-18-11-5-2-6-12-18)24-19-13-7-8-14-20(19)26-21(24)25/h1-14H,15-16,23H2. The van der Waals surface area contributed by atoms with E-state index in [1.807, 2.05) is 24.3 Å². The van der Waals surface area contributed by atoms with Gasteiger partial charge in [-0.2, -0.15) is 0 Å². The third kappa shape index (κ3) is 3.36. The van der Waals surface area contributed by atoms with E-state index in [1.54, 1.807) is 11.3 Å². The molecule has 130 valence electrons. The Hall–Kier alpha value is -2.27. The van der Waals surface area contributed by atoms with Crippen LogP contribution in [0.2, 0.25) is 0 Å². The molecule has 3 aromatic carbocycles. The number of benzene rings is 3. The van der Waals surface area contributed by atoms with Crippen molar-refractivity contribution in [2.75, 3.05) is 0 Å². The first kappa shape index (κ1) is 17.2. The van der Waals surface area contributed by atoms with Crippen molar-refractivity contribution in [2.24, 2.45) is 5.73 Å². The highest BCUT2D eigenvalue weighted by Gasteiger charge is 2.30. The first-order chi connectivity index (χ1) is 12.7. The van der Waals surface area contributed by atoms with Crippen molar-refractivity contribution in [1.82, 2.24) is 4.57 Å². The first-order valence-electron chi connectivity index (χ1n) is 8.63. The van der Waals surface area contributed by atoms with Gasteiger partial charge in [0.05, 0.1) is 10.2 Å². The minimum atomic E-state index is -0.626. The molecule has 0 unspecified atom stereocenters. The summed E-state index contributed by atoms with van der Waals surface area (Å²) in [4.78, 5) is 0. The number of hydrogen-bond donors (Lipinski definition) is 1. The monoisotopic (exact) mass is 376 g/mol. The van der Waals surface area contributed by atoms with Gasteiger partial charge in [-0.15, -0.1) is 11.3 Å². The molecule has 0 saturated heterocycles. The molecule has 0 saturated carbocycles. The van der Waals surface area contributed by atoms with Gasteiger partial charge in [0.2, 0.25) is 0 Å². The summed E-state index contributed by atoms with van der Waals surface area (Å²) in [6.45, 7) is 0. The molecule has 1 heterocycles. The number of thiazole rings is 1. The topological polar surface area (TPSA) is 30.9 Å². The number of hydrogen-bond acceptors (Lipinski definition) is 3. The summed E-state index contributed by atoms with van der Waals surface area (Å²) < 4.78 is 4.15. The van der Waals surface area contributed by atoms with E-state index in [2.05, 4.69) is 65.2 Å². The van der Waals surface area contributed by atoms with Gasteiger partial charge in [0.25, 0.3) is 0 Å². The second-order valence-corrected chi connectivity index (χ2v) is 8.28. The third-order valence-electron chi connectivity index (χ3n) is 4.64. The largest absolute Gasteiger partial charge is 0.308 e. The zero-order valence-corrected chi connectivity index (χ0v) is 16.0. The van der Waals surface area contributed by atoms with Crippen LogP contribution in [0.15, 0.2) is 84.9 Å². The summed E-state index contributed by atoms with van der Waals surface area (Å²) in [5.74, 6) is 0. The van der Waals surface area contributed by atoms with E-state index in [9.17, 15) is 0 Å². The number of fused-ring (bicyclic) bond motifs is 1. The van der Waals surface area contributed by atoms with E-state index in [0.717, 1.165) is 22.3 Å². The van der Waals surface area contributed by atoms with Crippen LogP contribution in [0.3, 0.4) is 0 Å². The fourth-order valence-electron chi connectivity index (χ4n) is 3.51. The van der Waals surface area contributed by atoms with Crippen molar-refractivity contribution < 1.29 is 0 Å². The molecular formula is C22H20N2S2. The lowest BCUT2D eigenvalue weighted by Crippen LogP contribution is -2.47. The van der Waals surface area contributed by atoms with Gasteiger partial charge in [0.15, 0.2) is 3.95 Å². The second-order valence-electron chi connectivity index (χ2n) is 6.60. The van der Waals surface area contributed by atoms with Crippen LogP contribution in [0, 0.1) is 3.95 Å². The number of nitrogens with two attached hydrogens (primary N) is 1. The number of rotatable bonds is 5. The van der Waals surface area contributed by atoms with Crippen molar-refractivity contribution in [3.63, 3.8) is 0 Å². The molecular weight excluding hydrogens is 356 g/mol. The average Bonchev–Trinajstić information content (AvgIpc) is 2.99. The quantitative estimate of drug-likeness (QED) is 0.464. The highest BCUT2D eigenvalue weighted by Crippen LogP contribution is 2.31. The molecule has 0 aliphatic heterocycles. The molecule has 2 nitrogen and oxygen atoms in total. The van der Waals surface area contributed by atoms with Crippen LogP contribution in [0.5, 0.6) is 0 Å². The summed E-state index contributed by atoms with van der Waals surface area (Å²) in [6.07, 6.45) is 1.44. The lowest BCUT2D eigenvalue weighted by Gasteiger charge is -2.32. The molecule has 4 rings (SSSR count). The van der Waals surface area contributed by atoms with Crippen molar-refractivity contribution in [3.05, 3.63) is 100 Å². The molecule has 26 heavy (non-hydrogen) atoms. The molecule has 0 aliphatic rings. The van der Waals surface area contributed by atoms with Gasteiger partial charge in [0.1, 0.15) is 5.66 Å². The van der Waals surface area contributed by atoms with E-state index in [0.29, 0.717) is 0 Å². The van der Waals surface area contributed by atoms with Gasteiger partial charge < -0.3 is 10.3 Å². The van der Waals surface area contributed by atoms with Crippen LogP contribution in [-0.4, -0.2) is 4.57 Å². The van der Waals surface area contributed by atoms with Crippen molar-refractivity contribution in [2.45, 2.75) is 18.5 Å². The molecule has 2 N–H and O–H groups in total. The van der Waals surface area contributed by atoms with Gasteiger partial charge in [-0.25, -0.2) is 0 Å². The molecule has 4 heteroatoms. The Balaban J connectivity index is 1.86. The molecule has 0 radical (unpaired) electrons. The Labute approximate surface area is 162 Å². The molecule has 0 bridgehead atoms. The molecule has 4 aromatic rings. The predicted molar refractivity (Wildman–Crippen MR) is 113 cm³/mol. The van der Waals surface area contributed by atoms with Crippen molar-refractivity contribution >= 4 is 33.8 Å². The Morgan fingerprint density at radius 2 is 1.27 bits per heavy atom. The van der Waals surface area contributed by atoms with Gasteiger partial charge in [-0.3, -0.25) is 0 Å². The van der Waals surface area contributed by atoms with Gasteiger partial charge in [-0.05, 0) is 35.5 Å². The summed E-state index contributed by atoms with van der Waals surface area (Å²) in [5.41, 5.74) is 10.0. The smallest absolute Gasteiger partial charge is 0.163 e. The average molecular weight is 377 g/mol. The van der Waals surface area contributed by atoms with E-state index in [1.165, 1.54) is 15.8 Å². The van der Waals surface area contributed by atoms with Crippen LogP contribution in [-0.2, 0) is 18.5 Å². The predicted octanol–water partition coefficient (Wildman–Crippen LogP) is 5.53. The van der Waals surface area contributed by atoms with E-state index < -0.39 is 5.66 Å².